The zero-order valence-electron chi connectivity index (χ0n) is 13.8. The summed E-state index contributed by atoms with van der Waals surface area (Å²) in [6, 6.07) is 21.4. The highest BCUT2D eigenvalue weighted by atomic mass is 19.1. The van der Waals surface area contributed by atoms with Crippen LogP contribution in [-0.2, 0) is 12.8 Å². The Morgan fingerprint density at radius 3 is 1.78 bits per heavy atom. The van der Waals surface area contributed by atoms with E-state index in [4.69, 9.17) is 0 Å². The first-order chi connectivity index (χ1) is 10.8. The van der Waals surface area contributed by atoms with Crippen molar-refractivity contribution in [1.82, 2.24) is 11.1 Å². The number of rotatable bonds is 7. The highest BCUT2D eigenvalue weighted by molar-refractivity contribution is 5.25. The highest BCUT2D eigenvalue weighted by Crippen LogP contribution is 2.37. The molecule has 1 saturated heterocycles. The minimum atomic E-state index is -0.219. The predicted molar refractivity (Wildman–Crippen MR) is 94.8 cm³/mol. The first kappa shape index (κ1) is 17.6. The topological polar surface area (TPSA) is 38.2 Å². The van der Waals surface area contributed by atoms with E-state index in [0.717, 1.165) is 25.9 Å². The molecule has 2 nitrogen and oxygen atoms in total. The van der Waals surface area contributed by atoms with Gasteiger partial charge in [0, 0.05) is 18.6 Å². The molecule has 0 amide bonds. The second kappa shape index (κ2) is 8.23. The molecular weight excluding hydrogens is 287 g/mol. The average molecular weight is 314 g/mol. The number of hydrogen-bond donors (Lipinski definition) is 1. The zero-order valence-corrected chi connectivity index (χ0v) is 13.8. The molecule has 0 unspecified atom stereocenters. The third-order valence-corrected chi connectivity index (χ3v) is 4.83. The van der Waals surface area contributed by atoms with Crippen molar-refractivity contribution in [3.05, 3.63) is 71.8 Å². The van der Waals surface area contributed by atoms with E-state index in [1.165, 1.54) is 17.5 Å². The monoisotopic (exact) mass is 314 g/mol. The Labute approximate surface area is 138 Å². The van der Waals surface area contributed by atoms with Crippen molar-refractivity contribution in [3.8, 4) is 0 Å². The molecule has 0 aliphatic carbocycles. The molecule has 2 aromatic rings. The lowest BCUT2D eigenvalue weighted by atomic mass is 9.74. The van der Waals surface area contributed by atoms with Gasteiger partial charge >= 0.3 is 0 Å². The highest BCUT2D eigenvalue weighted by Gasteiger charge is 2.43. The summed E-state index contributed by atoms with van der Waals surface area (Å²) in [7, 11) is 0. The standard InChI is InChI=1S/C20H24FN.H3N/c21-13-7-14-22-15-12-20(22,16-18-8-3-1-4-9-18)17-19-10-5-2-6-11-19;/h1-6,8-11H,7,12-17H2;1H3. The van der Waals surface area contributed by atoms with Crippen molar-refractivity contribution in [2.75, 3.05) is 19.8 Å². The van der Waals surface area contributed by atoms with Gasteiger partial charge in [-0.1, -0.05) is 60.7 Å². The van der Waals surface area contributed by atoms with Crippen LogP contribution in [-0.4, -0.2) is 30.2 Å². The van der Waals surface area contributed by atoms with Crippen LogP contribution in [0, 0.1) is 0 Å². The fraction of sp³-hybridized carbons (Fsp3) is 0.400. The fourth-order valence-corrected chi connectivity index (χ4v) is 3.60. The van der Waals surface area contributed by atoms with E-state index < -0.39 is 0 Å². The van der Waals surface area contributed by atoms with Gasteiger partial charge in [-0.15, -0.1) is 0 Å². The molecule has 0 spiro atoms. The van der Waals surface area contributed by atoms with Crippen molar-refractivity contribution >= 4 is 0 Å². The molecule has 1 fully saturated rings. The summed E-state index contributed by atoms with van der Waals surface area (Å²) >= 11 is 0. The number of likely N-dealkylation sites (tertiary alicyclic amines) is 1. The van der Waals surface area contributed by atoms with Gasteiger partial charge in [0.1, 0.15) is 0 Å². The molecule has 1 aliphatic rings. The van der Waals surface area contributed by atoms with Crippen LogP contribution in [0.2, 0.25) is 0 Å². The summed E-state index contributed by atoms with van der Waals surface area (Å²) in [6.07, 6.45) is 3.94. The van der Waals surface area contributed by atoms with E-state index in [2.05, 4.69) is 65.6 Å². The Balaban J connectivity index is 0.00000192. The van der Waals surface area contributed by atoms with Crippen LogP contribution >= 0.6 is 0 Å². The lowest BCUT2D eigenvalue weighted by Crippen LogP contribution is -2.62. The molecule has 23 heavy (non-hydrogen) atoms. The van der Waals surface area contributed by atoms with Gasteiger partial charge in [-0.2, -0.15) is 0 Å². The summed E-state index contributed by atoms with van der Waals surface area (Å²) in [4.78, 5) is 2.49. The first-order valence-corrected chi connectivity index (χ1v) is 8.21. The van der Waals surface area contributed by atoms with E-state index in [0.29, 0.717) is 6.42 Å². The summed E-state index contributed by atoms with van der Waals surface area (Å²) < 4.78 is 12.6. The molecule has 0 atom stereocenters. The molecule has 2 aromatic carbocycles. The Morgan fingerprint density at radius 2 is 1.39 bits per heavy atom. The fourth-order valence-electron chi connectivity index (χ4n) is 3.60. The van der Waals surface area contributed by atoms with Crippen molar-refractivity contribution < 1.29 is 4.39 Å². The van der Waals surface area contributed by atoms with Gasteiger partial charge in [-0.3, -0.25) is 9.29 Å². The van der Waals surface area contributed by atoms with E-state index in [1.807, 2.05) is 0 Å². The molecule has 0 bridgehead atoms. The Hall–Kier alpha value is -1.71. The lowest BCUT2D eigenvalue weighted by molar-refractivity contribution is -0.0162. The minimum Gasteiger partial charge on any atom is -0.344 e. The third-order valence-electron chi connectivity index (χ3n) is 4.83. The van der Waals surface area contributed by atoms with Gasteiger partial charge in [0.25, 0.3) is 0 Å². The lowest BCUT2D eigenvalue weighted by Gasteiger charge is -2.54. The maximum atomic E-state index is 12.6. The normalized spacial score (nSPS) is 16.4. The van der Waals surface area contributed by atoms with Crippen LogP contribution in [0.4, 0.5) is 4.39 Å². The molecule has 0 radical (unpaired) electrons. The van der Waals surface area contributed by atoms with Crippen LogP contribution < -0.4 is 6.15 Å². The SMILES string of the molecule is FCCCN1CCC1(Cc1ccccc1)Cc1ccccc1.N. The molecule has 0 saturated carbocycles. The van der Waals surface area contributed by atoms with E-state index >= 15 is 0 Å². The third kappa shape index (κ3) is 4.18. The number of halogens is 1. The maximum Gasteiger partial charge on any atom is 0.0906 e. The molecule has 3 rings (SSSR count). The summed E-state index contributed by atoms with van der Waals surface area (Å²) in [6.45, 7) is 1.75. The average Bonchev–Trinajstić information content (AvgIpc) is 2.55. The summed E-state index contributed by atoms with van der Waals surface area (Å²) in [5.74, 6) is 0. The van der Waals surface area contributed by atoms with Crippen LogP contribution in [0.5, 0.6) is 0 Å². The molecular formula is C20H27FN2. The van der Waals surface area contributed by atoms with Gasteiger partial charge in [0.2, 0.25) is 0 Å². The molecule has 1 aliphatic heterocycles. The van der Waals surface area contributed by atoms with Crippen molar-refractivity contribution in [2.24, 2.45) is 0 Å². The number of benzene rings is 2. The Kier molecular flexibility index (Phi) is 6.31. The number of hydrogen-bond acceptors (Lipinski definition) is 2. The second-order valence-electron chi connectivity index (χ2n) is 6.33. The Bertz CT molecular complexity index is 529. The molecule has 1 heterocycles. The number of nitrogens with zero attached hydrogens (tertiary/aromatic N) is 1. The number of alkyl halides is 1. The molecule has 3 N–H and O–H groups in total. The van der Waals surface area contributed by atoms with E-state index in [9.17, 15) is 4.39 Å². The summed E-state index contributed by atoms with van der Waals surface area (Å²) in [5, 5.41) is 0. The van der Waals surface area contributed by atoms with Crippen LogP contribution in [0.25, 0.3) is 0 Å². The second-order valence-corrected chi connectivity index (χ2v) is 6.33. The van der Waals surface area contributed by atoms with Crippen molar-refractivity contribution in [2.45, 2.75) is 31.2 Å². The smallest absolute Gasteiger partial charge is 0.0906 e. The predicted octanol–water partition coefficient (Wildman–Crippen LogP) is 4.44. The summed E-state index contributed by atoms with van der Waals surface area (Å²) in [5.41, 5.74) is 2.92. The van der Waals surface area contributed by atoms with Gasteiger partial charge in [0.05, 0.1) is 6.67 Å². The Morgan fingerprint density at radius 1 is 0.870 bits per heavy atom. The van der Waals surface area contributed by atoms with Gasteiger partial charge < -0.3 is 6.15 Å². The van der Waals surface area contributed by atoms with Gasteiger partial charge in [-0.25, -0.2) is 0 Å². The van der Waals surface area contributed by atoms with Crippen LogP contribution in [0.1, 0.15) is 24.0 Å². The van der Waals surface area contributed by atoms with Crippen LogP contribution in [0.3, 0.4) is 0 Å². The quantitative estimate of drug-likeness (QED) is 0.820. The molecule has 3 heteroatoms. The van der Waals surface area contributed by atoms with E-state index in [-0.39, 0.29) is 18.4 Å². The van der Waals surface area contributed by atoms with Crippen molar-refractivity contribution in [3.63, 3.8) is 0 Å². The zero-order chi connectivity index (χ0) is 15.3. The minimum absolute atomic E-state index is 0. The first-order valence-electron chi connectivity index (χ1n) is 8.21. The molecule has 124 valence electrons. The largest absolute Gasteiger partial charge is 0.344 e. The molecule has 0 aromatic heterocycles. The van der Waals surface area contributed by atoms with Crippen LogP contribution in [0.15, 0.2) is 60.7 Å². The van der Waals surface area contributed by atoms with Gasteiger partial charge in [-0.05, 0) is 36.8 Å². The van der Waals surface area contributed by atoms with Gasteiger partial charge in [0.15, 0.2) is 0 Å². The maximum absolute atomic E-state index is 12.6. The van der Waals surface area contributed by atoms with Crippen molar-refractivity contribution in [1.29, 1.82) is 0 Å². The van der Waals surface area contributed by atoms with E-state index in [1.54, 1.807) is 0 Å².